The van der Waals surface area contributed by atoms with Crippen molar-refractivity contribution >= 4 is 29.3 Å². The molecule has 0 aliphatic heterocycles. The van der Waals surface area contributed by atoms with E-state index in [4.69, 9.17) is 0 Å². The largest absolute Gasteiger partial charge is 0.160 e. The van der Waals surface area contributed by atoms with Crippen LogP contribution in [-0.2, 0) is 0 Å². The first-order chi connectivity index (χ1) is 2.41. The molecule has 0 saturated carbocycles. The third kappa shape index (κ3) is 4.44. The van der Waals surface area contributed by atoms with Gasteiger partial charge >= 0.3 is 0 Å². The number of thiocarbonyl (C=S) groups is 1. The highest BCUT2D eigenvalue weighted by Gasteiger charge is 1.62. The van der Waals surface area contributed by atoms with E-state index in [1.165, 1.54) is 0 Å². The topological polar surface area (TPSA) is 0 Å². The van der Waals surface area contributed by atoms with Gasteiger partial charge in [-0.15, -0.1) is 0 Å². The van der Waals surface area contributed by atoms with Crippen LogP contribution in [0.3, 0.4) is 0 Å². The van der Waals surface area contributed by atoms with Crippen LogP contribution in [0.2, 0.25) is 0 Å². The predicted molar refractivity (Wildman–Crippen MR) is 32.0 cm³/mol. The molecule has 0 rings (SSSR count). The van der Waals surface area contributed by atoms with Crippen LogP contribution in [0.25, 0.3) is 0 Å². The molecular weight excluding hydrogens is 100 g/mol. The van der Waals surface area contributed by atoms with E-state index in [0.29, 0.717) is 0 Å². The summed E-state index contributed by atoms with van der Waals surface area (Å²) in [6, 6.07) is 0. The van der Waals surface area contributed by atoms with Gasteiger partial charge in [0.25, 0.3) is 0 Å². The number of hydrogen-bond donors (Lipinski definition) is 0. The SMILES string of the molecule is CSCC=S. The molecular formula is C3H6S2. The number of rotatable bonds is 2. The van der Waals surface area contributed by atoms with Crippen molar-refractivity contribution in [2.75, 3.05) is 12.0 Å². The molecule has 2 heteroatoms. The monoisotopic (exact) mass is 106 g/mol. The third-order valence-electron chi connectivity index (χ3n) is 0.235. The highest BCUT2D eigenvalue weighted by Crippen LogP contribution is 1.83. The fourth-order valence-electron chi connectivity index (χ4n) is 0.0680. The van der Waals surface area contributed by atoms with Gasteiger partial charge in [-0.05, 0) is 11.6 Å². The van der Waals surface area contributed by atoms with Crippen LogP contribution in [0.5, 0.6) is 0 Å². The minimum atomic E-state index is 0.995. The van der Waals surface area contributed by atoms with Gasteiger partial charge in [0.15, 0.2) is 0 Å². The quantitative estimate of drug-likeness (QED) is 0.487. The van der Waals surface area contributed by atoms with Crippen molar-refractivity contribution in [1.82, 2.24) is 0 Å². The molecule has 0 aromatic rings. The molecule has 0 aliphatic rings. The summed E-state index contributed by atoms with van der Waals surface area (Å²) in [4.78, 5) is 0. The van der Waals surface area contributed by atoms with Crippen molar-refractivity contribution in [2.24, 2.45) is 0 Å². The Morgan fingerprint density at radius 2 is 2.60 bits per heavy atom. The lowest BCUT2D eigenvalue weighted by atomic mass is 11.0. The average molecular weight is 106 g/mol. The standard InChI is InChI=1S/C3H6S2/c1-5-3-2-4/h2H,3H2,1H3. The minimum Gasteiger partial charge on any atom is -0.160 e. The second-order valence-corrected chi connectivity index (χ2v) is 1.87. The van der Waals surface area contributed by atoms with Crippen LogP contribution >= 0.6 is 24.0 Å². The van der Waals surface area contributed by atoms with Gasteiger partial charge in [-0.2, -0.15) is 11.8 Å². The van der Waals surface area contributed by atoms with E-state index in [1.54, 1.807) is 17.1 Å². The number of thioether (sulfide) groups is 1. The van der Waals surface area contributed by atoms with Crippen molar-refractivity contribution in [2.45, 2.75) is 0 Å². The molecule has 0 unspecified atom stereocenters. The first-order valence-corrected chi connectivity index (χ1v) is 3.21. The summed E-state index contributed by atoms with van der Waals surface area (Å²) in [5, 5.41) is 1.73. The van der Waals surface area contributed by atoms with Crippen molar-refractivity contribution in [3.8, 4) is 0 Å². The van der Waals surface area contributed by atoms with Crippen LogP contribution in [0, 0.1) is 0 Å². The molecule has 0 saturated heterocycles. The Bertz CT molecular complexity index is 26.1. The summed E-state index contributed by atoms with van der Waals surface area (Å²) in [5.41, 5.74) is 0. The van der Waals surface area contributed by atoms with Crippen LogP contribution in [0.4, 0.5) is 0 Å². The Balaban J connectivity index is 2.40. The molecule has 0 aliphatic carbocycles. The van der Waals surface area contributed by atoms with E-state index in [2.05, 4.69) is 12.2 Å². The molecule has 0 nitrogen and oxygen atoms in total. The third-order valence-corrected chi connectivity index (χ3v) is 1.11. The van der Waals surface area contributed by atoms with E-state index in [1.807, 2.05) is 6.26 Å². The summed E-state index contributed by atoms with van der Waals surface area (Å²) >= 11 is 6.25. The van der Waals surface area contributed by atoms with Gasteiger partial charge in [0.1, 0.15) is 0 Å². The van der Waals surface area contributed by atoms with Gasteiger partial charge in [0.2, 0.25) is 0 Å². The minimum absolute atomic E-state index is 0.995. The van der Waals surface area contributed by atoms with E-state index in [-0.39, 0.29) is 0 Å². The fraction of sp³-hybridized carbons (Fsp3) is 0.667. The zero-order chi connectivity index (χ0) is 4.12. The normalized spacial score (nSPS) is 7.40. The second kappa shape index (κ2) is 4.44. The first-order valence-electron chi connectivity index (χ1n) is 1.34. The van der Waals surface area contributed by atoms with Crippen LogP contribution < -0.4 is 0 Å². The maximum atomic E-state index is 4.51. The summed E-state index contributed by atoms with van der Waals surface area (Å²) < 4.78 is 0. The summed E-state index contributed by atoms with van der Waals surface area (Å²) in [7, 11) is 0. The highest BCUT2D eigenvalue weighted by molar-refractivity contribution is 8.00. The zero-order valence-corrected chi connectivity index (χ0v) is 4.73. The average Bonchev–Trinajstić information content (AvgIpc) is 1.41. The molecule has 0 bridgehead atoms. The molecule has 0 radical (unpaired) electrons. The van der Waals surface area contributed by atoms with E-state index in [9.17, 15) is 0 Å². The lowest BCUT2D eigenvalue weighted by molar-refractivity contribution is 2.13. The maximum Gasteiger partial charge on any atom is 0.0215 e. The summed E-state index contributed by atoms with van der Waals surface area (Å²) in [5.74, 6) is 0.995. The Kier molecular flexibility index (Phi) is 4.83. The molecule has 30 valence electrons. The van der Waals surface area contributed by atoms with Gasteiger partial charge in [-0.25, -0.2) is 0 Å². The Morgan fingerprint density at radius 1 is 2.00 bits per heavy atom. The lowest BCUT2D eigenvalue weighted by Gasteiger charge is -1.72. The lowest BCUT2D eigenvalue weighted by Crippen LogP contribution is -1.67. The smallest absolute Gasteiger partial charge is 0.0215 e. The summed E-state index contributed by atoms with van der Waals surface area (Å²) in [6.45, 7) is 0. The van der Waals surface area contributed by atoms with E-state index < -0.39 is 0 Å². The maximum absolute atomic E-state index is 4.51. The van der Waals surface area contributed by atoms with Crippen molar-refractivity contribution in [3.05, 3.63) is 0 Å². The van der Waals surface area contributed by atoms with E-state index in [0.717, 1.165) is 5.75 Å². The van der Waals surface area contributed by atoms with Crippen molar-refractivity contribution < 1.29 is 0 Å². The molecule has 0 amide bonds. The van der Waals surface area contributed by atoms with Gasteiger partial charge in [0.05, 0.1) is 0 Å². The van der Waals surface area contributed by atoms with Crippen molar-refractivity contribution in [1.29, 1.82) is 0 Å². The van der Waals surface area contributed by atoms with Gasteiger partial charge < -0.3 is 0 Å². The molecule has 0 fully saturated rings. The zero-order valence-electron chi connectivity index (χ0n) is 3.10. The summed E-state index contributed by atoms with van der Waals surface area (Å²) in [6.07, 6.45) is 2.03. The van der Waals surface area contributed by atoms with Gasteiger partial charge in [0, 0.05) is 5.75 Å². The van der Waals surface area contributed by atoms with E-state index >= 15 is 0 Å². The Hall–Kier alpha value is 0.440. The Morgan fingerprint density at radius 3 is 2.60 bits per heavy atom. The highest BCUT2D eigenvalue weighted by atomic mass is 32.2. The fourth-order valence-corrected chi connectivity index (χ4v) is 0.612. The second-order valence-electron chi connectivity index (χ2n) is 0.622. The first kappa shape index (κ1) is 5.44. The molecule has 5 heavy (non-hydrogen) atoms. The predicted octanol–water partition coefficient (Wildman–Crippen LogP) is 1.35. The van der Waals surface area contributed by atoms with Crippen LogP contribution in [0.15, 0.2) is 0 Å². The molecule has 0 aromatic carbocycles. The molecule has 0 heterocycles. The van der Waals surface area contributed by atoms with Gasteiger partial charge in [-0.1, -0.05) is 12.2 Å². The van der Waals surface area contributed by atoms with Gasteiger partial charge in [-0.3, -0.25) is 0 Å². The van der Waals surface area contributed by atoms with Crippen LogP contribution in [-0.4, -0.2) is 17.4 Å². The number of hydrogen-bond acceptors (Lipinski definition) is 2. The van der Waals surface area contributed by atoms with Crippen LogP contribution in [0.1, 0.15) is 0 Å². The molecule has 0 aromatic heterocycles. The molecule has 0 atom stereocenters. The molecule has 0 spiro atoms. The molecule has 0 N–H and O–H groups in total. The van der Waals surface area contributed by atoms with Crippen molar-refractivity contribution in [3.63, 3.8) is 0 Å². The Labute approximate surface area is 42.0 Å².